The van der Waals surface area contributed by atoms with Gasteiger partial charge in [0, 0.05) is 24.2 Å². The minimum Gasteiger partial charge on any atom is -0.478 e. The average Bonchev–Trinajstić information content (AvgIpc) is 2.23. The van der Waals surface area contributed by atoms with Crippen LogP contribution in [0.2, 0.25) is 0 Å². The van der Waals surface area contributed by atoms with E-state index in [0.717, 1.165) is 0 Å². The summed E-state index contributed by atoms with van der Waals surface area (Å²) in [6.45, 7) is 6.76. The fraction of sp³-hybridized carbons (Fsp3) is 0.455. The smallest absolute Gasteiger partial charge is 0.333 e. The summed E-state index contributed by atoms with van der Waals surface area (Å²) in [5, 5.41) is 17.0. The molecule has 0 aliphatic heterocycles. The number of aliphatic hydroxyl groups is 1. The Morgan fingerprint density at radius 3 is 2.25 bits per heavy atom. The van der Waals surface area contributed by atoms with Crippen LogP contribution in [-0.2, 0) is 14.3 Å². The first kappa shape index (κ1) is 14.4. The number of carbonyl (C=O) groups excluding carboxylic acids is 1. The second-order valence-electron chi connectivity index (χ2n) is 3.23. The van der Waals surface area contributed by atoms with E-state index in [9.17, 15) is 9.59 Å². The number of rotatable bonds is 8. The van der Waals surface area contributed by atoms with Crippen molar-refractivity contribution in [2.75, 3.05) is 13.2 Å². The largest absolute Gasteiger partial charge is 0.478 e. The molecular weight excluding hydrogens is 212 g/mol. The summed E-state index contributed by atoms with van der Waals surface area (Å²) < 4.78 is 4.80. The number of hydrogen-bond donors (Lipinski definition) is 2. The molecule has 0 aliphatic rings. The van der Waals surface area contributed by atoms with Gasteiger partial charge in [-0.1, -0.05) is 13.2 Å². The molecule has 5 heteroatoms. The first-order valence-corrected chi connectivity index (χ1v) is 4.86. The van der Waals surface area contributed by atoms with Gasteiger partial charge in [-0.2, -0.15) is 0 Å². The van der Waals surface area contributed by atoms with Crippen molar-refractivity contribution in [2.45, 2.75) is 19.3 Å². The minimum absolute atomic E-state index is 0.0882. The zero-order valence-corrected chi connectivity index (χ0v) is 9.07. The summed E-state index contributed by atoms with van der Waals surface area (Å²) in [4.78, 5) is 21.5. The van der Waals surface area contributed by atoms with Crippen LogP contribution in [0.15, 0.2) is 24.3 Å². The summed E-state index contributed by atoms with van der Waals surface area (Å²) >= 11 is 0. The highest BCUT2D eigenvalue weighted by atomic mass is 16.5. The van der Waals surface area contributed by atoms with Crippen molar-refractivity contribution >= 4 is 11.9 Å². The molecular formula is C11H16O5. The zero-order chi connectivity index (χ0) is 12.6. The van der Waals surface area contributed by atoms with Gasteiger partial charge in [-0.15, -0.1) is 0 Å². The predicted octanol–water partition coefficient (Wildman–Crippen LogP) is 0.889. The lowest BCUT2D eigenvalue weighted by atomic mass is 10.2. The van der Waals surface area contributed by atoms with Gasteiger partial charge in [0.1, 0.15) is 0 Å². The first-order chi connectivity index (χ1) is 7.49. The molecule has 0 aliphatic carbocycles. The van der Waals surface area contributed by atoms with Gasteiger partial charge in [-0.25, -0.2) is 9.59 Å². The van der Waals surface area contributed by atoms with Crippen LogP contribution in [0.25, 0.3) is 0 Å². The van der Waals surface area contributed by atoms with E-state index in [1.165, 1.54) is 0 Å². The van der Waals surface area contributed by atoms with Gasteiger partial charge in [0.15, 0.2) is 0 Å². The molecule has 0 unspecified atom stereocenters. The van der Waals surface area contributed by atoms with Crippen molar-refractivity contribution in [3.05, 3.63) is 24.3 Å². The number of esters is 1. The van der Waals surface area contributed by atoms with Gasteiger partial charge in [-0.3, -0.25) is 0 Å². The highest BCUT2D eigenvalue weighted by Crippen LogP contribution is 2.05. The third kappa shape index (κ3) is 5.98. The van der Waals surface area contributed by atoms with Crippen molar-refractivity contribution in [2.24, 2.45) is 0 Å². The normalized spacial score (nSPS) is 9.56. The third-order valence-electron chi connectivity index (χ3n) is 1.86. The number of carboxylic acid groups (broad SMARTS) is 1. The van der Waals surface area contributed by atoms with Gasteiger partial charge >= 0.3 is 11.9 Å². The molecule has 2 N–H and O–H groups in total. The quantitative estimate of drug-likeness (QED) is 0.366. The Morgan fingerprint density at radius 1 is 1.12 bits per heavy atom. The first-order valence-electron chi connectivity index (χ1n) is 4.86. The maximum absolute atomic E-state index is 11.1. The van der Waals surface area contributed by atoms with Crippen molar-refractivity contribution in [1.29, 1.82) is 0 Å². The number of aliphatic carboxylic acids is 1. The SMILES string of the molecule is C=C(CCCOC(=O)C(=C)CCO)C(=O)O. The number of hydrogen-bond acceptors (Lipinski definition) is 4. The molecule has 0 aromatic carbocycles. The molecule has 0 radical (unpaired) electrons. The van der Waals surface area contributed by atoms with E-state index in [2.05, 4.69) is 13.2 Å². The van der Waals surface area contributed by atoms with Crippen LogP contribution in [0.5, 0.6) is 0 Å². The molecule has 0 bridgehead atoms. The van der Waals surface area contributed by atoms with Crippen LogP contribution < -0.4 is 0 Å². The van der Waals surface area contributed by atoms with Crippen LogP contribution in [-0.4, -0.2) is 35.4 Å². The second-order valence-corrected chi connectivity index (χ2v) is 3.23. The van der Waals surface area contributed by atoms with E-state index < -0.39 is 11.9 Å². The van der Waals surface area contributed by atoms with Gasteiger partial charge < -0.3 is 14.9 Å². The number of carbonyl (C=O) groups is 2. The average molecular weight is 228 g/mol. The van der Waals surface area contributed by atoms with E-state index in [0.29, 0.717) is 6.42 Å². The molecule has 0 rings (SSSR count). The molecule has 0 amide bonds. The van der Waals surface area contributed by atoms with E-state index >= 15 is 0 Å². The molecule has 5 nitrogen and oxygen atoms in total. The highest BCUT2D eigenvalue weighted by molar-refractivity contribution is 5.87. The molecule has 0 saturated carbocycles. The van der Waals surface area contributed by atoms with Crippen LogP contribution in [0, 0.1) is 0 Å². The van der Waals surface area contributed by atoms with Crippen LogP contribution in [0.3, 0.4) is 0 Å². The topological polar surface area (TPSA) is 83.8 Å². The molecule has 0 fully saturated rings. The maximum atomic E-state index is 11.1. The molecule has 0 heterocycles. The molecule has 0 spiro atoms. The maximum Gasteiger partial charge on any atom is 0.333 e. The van der Waals surface area contributed by atoms with Crippen molar-refractivity contribution in [3.63, 3.8) is 0 Å². The second kappa shape index (κ2) is 7.64. The highest BCUT2D eigenvalue weighted by Gasteiger charge is 2.08. The monoisotopic (exact) mass is 228 g/mol. The van der Waals surface area contributed by atoms with Crippen molar-refractivity contribution in [3.8, 4) is 0 Å². The predicted molar refractivity (Wildman–Crippen MR) is 57.8 cm³/mol. The Kier molecular flexibility index (Phi) is 6.87. The molecule has 0 atom stereocenters. The minimum atomic E-state index is -1.05. The Balaban J connectivity index is 3.67. The van der Waals surface area contributed by atoms with Crippen molar-refractivity contribution < 1.29 is 24.5 Å². The van der Waals surface area contributed by atoms with E-state index in [4.69, 9.17) is 14.9 Å². The van der Waals surface area contributed by atoms with E-state index in [1.807, 2.05) is 0 Å². The van der Waals surface area contributed by atoms with Gasteiger partial charge in [0.25, 0.3) is 0 Å². The number of carboxylic acids is 1. The van der Waals surface area contributed by atoms with Crippen molar-refractivity contribution in [1.82, 2.24) is 0 Å². The third-order valence-corrected chi connectivity index (χ3v) is 1.86. The van der Waals surface area contributed by atoms with Crippen LogP contribution >= 0.6 is 0 Å². The molecule has 16 heavy (non-hydrogen) atoms. The summed E-state index contributed by atoms with van der Waals surface area (Å²) in [6.07, 6.45) is 0.860. The Hall–Kier alpha value is -1.62. The molecule has 0 aromatic rings. The fourth-order valence-corrected chi connectivity index (χ4v) is 0.896. The molecule has 0 aromatic heterocycles. The van der Waals surface area contributed by atoms with Crippen LogP contribution in [0.1, 0.15) is 19.3 Å². The molecule has 0 saturated heterocycles. The number of ether oxygens (including phenoxy) is 1. The zero-order valence-electron chi connectivity index (χ0n) is 9.07. The summed E-state index contributed by atoms with van der Waals surface area (Å²) in [5.41, 5.74) is 0.296. The lowest BCUT2D eigenvalue weighted by Gasteiger charge is -2.05. The Morgan fingerprint density at radius 2 is 1.75 bits per heavy atom. The van der Waals surface area contributed by atoms with Gasteiger partial charge in [0.2, 0.25) is 0 Å². The van der Waals surface area contributed by atoms with E-state index in [-0.39, 0.29) is 37.2 Å². The summed E-state index contributed by atoms with van der Waals surface area (Å²) in [5.74, 6) is -1.61. The van der Waals surface area contributed by atoms with Gasteiger partial charge in [0.05, 0.1) is 6.61 Å². The lowest BCUT2D eigenvalue weighted by molar-refractivity contribution is -0.139. The lowest BCUT2D eigenvalue weighted by Crippen LogP contribution is -2.10. The fourth-order valence-electron chi connectivity index (χ4n) is 0.896. The van der Waals surface area contributed by atoms with Crippen LogP contribution in [0.4, 0.5) is 0 Å². The van der Waals surface area contributed by atoms with Gasteiger partial charge in [-0.05, 0) is 12.8 Å². The summed E-state index contributed by atoms with van der Waals surface area (Å²) in [7, 11) is 0. The standard InChI is InChI=1S/C11H16O5/c1-8(10(13)14)4-3-7-16-11(15)9(2)5-6-12/h12H,1-7H2,(H,13,14). The Labute approximate surface area is 94.0 Å². The molecule has 90 valence electrons. The van der Waals surface area contributed by atoms with E-state index in [1.54, 1.807) is 0 Å². The Bertz CT molecular complexity index is 293. The number of aliphatic hydroxyl groups excluding tert-OH is 1. The summed E-state index contributed by atoms with van der Waals surface area (Å²) in [6, 6.07) is 0.